The van der Waals surface area contributed by atoms with Gasteiger partial charge in [0, 0.05) is 16.7 Å². The number of ether oxygens (including phenoxy) is 1. The molecule has 0 spiro atoms. The van der Waals surface area contributed by atoms with Crippen molar-refractivity contribution in [2.45, 2.75) is 20.1 Å². The van der Waals surface area contributed by atoms with E-state index in [2.05, 4.69) is 6.07 Å². The fourth-order valence-corrected chi connectivity index (χ4v) is 2.67. The van der Waals surface area contributed by atoms with Crippen molar-refractivity contribution >= 4 is 5.57 Å². The summed E-state index contributed by atoms with van der Waals surface area (Å²) in [5.41, 5.74) is 5.33. The van der Waals surface area contributed by atoms with Gasteiger partial charge < -0.3 is 9.84 Å². The number of fused-ring (bicyclic) bond motifs is 2. The fraction of sp³-hybridized carbons (Fsp3) is 0.167. The van der Waals surface area contributed by atoms with Crippen molar-refractivity contribution in [2.24, 2.45) is 0 Å². The summed E-state index contributed by atoms with van der Waals surface area (Å²) in [5.74, 6) is 0.781. The van der Waals surface area contributed by atoms with Crippen molar-refractivity contribution in [2.75, 3.05) is 0 Å². The second-order valence-electron chi connectivity index (χ2n) is 5.05. The van der Waals surface area contributed by atoms with Crippen molar-refractivity contribution in [3.05, 3.63) is 70.3 Å². The summed E-state index contributed by atoms with van der Waals surface area (Å²) in [6.07, 6.45) is 0. The third kappa shape index (κ3) is 2.31. The van der Waals surface area contributed by atoms with Gasteiger partial charge in [-0.25, -0.2) is 0 Å². The molecule has 3 rings (SSSR count). The Bertz CT molecular complexity index is 769. The number of nitrogens with zero attached hydrogens (tertiary/aromatic N) is 1. The molecule has 0 saturated heterocycles. The van der Waals surface area contributed by atoms with Crippen LogP contribution in [0.15, 0.2) is 48.0 Å². The molecule has 0 fully saturated rings. The Morgan fingerprint density at radius 3 is 2.81 bits per heavy atom. The number of hydrogen-bond acceptors (Lipinski definition) is 3. The molecule has 21 heavy (non-hydrogen) atoms. The third-order valence-electron chi connectivity index (χ3n) is 3.70. The lowest BCUT2D eigenvalue weighted by Gasteiger charge is -2.11. The number of nitriles is 1. The highest BCUT2D eigenvalue weighted by molar-refractivity contribution is 5.88. The minimum atomic E-state index is -0.00346. The molecule has 0 atom stereocenters. The molecule has 0 aromatic heterocycles. The number of benzene rings is 2. The second-order valence-corrected chi connectivity index (χ2v) is 5.05. The number of para-hydroxylation sites is 1. The van der Waals surface area contributed by atoms with Gasteiger partial charge in [-0.15, -0.1) is 0 Å². The van der Waals surface area contributed by atoms with E-state index >= 15 is 0 Å². The maximum absolute atomic E-state index is 9.34. The molecule has 1 heterocycles. The number of aliphatic hydroxyl groups is 1. The van der Waals surface area contributed by atoms with E-state index in [0.717, 1.165) is 33.6 Å². The topological polar surface area (TPSA) is 53.2 Å². The van der Waals surface area contributed by atoms with Gasteiger partial charge in [-0.3, -0.25) is 0 Å². The molecule has 2 aromatic rings. The van der Waals surface area contributed by atoms with Gasteiger partial charge in [-0.1, -0.05) is 30.3 Å². The number of hydrogen-bond donors (Lipinski definition) is 1. The van der Waals surface area contributed by atoms with Gasteiger partial charge in [0.15, 0.2) is 0 Å². The zero-order valence-electron chi connectivity index (χ0n) is 11.8. The molecule has 0 amide bonds. The van der Waals surface area contributed by atoms with E-state index in [-0.39, 0.29) is 6.61 Å². The third-order valence-corrected chi connectivity index (χ3v) is 3.70. The lowest BCUT2D eigenvalue weighted by atomic mass is 9.90. The molecule has 0 bridgehead atoms. The van der Waals surface area contributed by atoms with Crippen LogP contribution < -0.4 is 4.74 Å². The minimum Gasteiger partial charge on any atom is -0.488 e. The second kappa shape index (κ2) is 5.43. The van der Waals surface area contributed by atoms with Crippen molar-refractivity contribution in [3.8, 4) is 11.8 Å². The van der Waals surface area contributed by atoms with Crippen molar-refractivity contribution in [1.82, 2.24) is 0 Å². The highest BCUT2D eigenvalue weighted by atomic mass is 16.5. The SMILES string of the molecule is C/C(C#N)=C1\c2ccc(CO)cc2COc2ccccc21. The summed E-state index contributed by atoms with van der Waals surface area (Å²) < 4.78 is 5.87. The Balaban J connectivity index is 2.30. The largest absolute Gasteiger partial charge is 0.488 e. The average molecular weight is 277 g/mol. The fourth-order valence-electron chi connectivity index (χ4n) is 2.67. The molecule has 2 aromatic carbocycles. The lowest BCUT2D eigenvalue weighted by molar-refractivity contribution is 0.280. The zero-order valence-corrected chi connectivity index (χ0v) is 11.8. The van der Waals surface area contributed by atoms with E-state index in [1.54, 1.807) is 0 Å². The van der Waals surface area contributed by atoms with Crippen LogP contribution in [0.4, 0.5) is 0 Å². The van der Waals surface area contributed by atoms with Gasteiger partial charge in [0.2, 0.25) is 0 Å². The smallest absolute Gasteiger partial charge is 0.127 e. The highest BCUT2D eigenvalue weighted by Gasteiger charge is 2.21. The predicted octanol–water partition coefficient (Wildman–Crippen LogP) is 3.42. The molecular formula is C18H15NO2. The number of rotatable bonds is 1. The lowest BCUT2D eigenvalue weighted by Crippen LogP contribution is -1.98. The average Bonchev–Trinajstić information content (AvgIpc) is 2.70. The van der Waals surface area contributed by atoms with E-state index in [1.165, 1.54) is 0 Å². The summed E-state index contributed by atoms with van der Waals surface area (Å²) in [6.45, 7) is 2.25. The Morgan fingerprint density at radius 1 is 1.24 bits per heavy atom. The molecular weight excluding hydrogens is 262 g/mol. The highest BCUT2D eigenvalue weighted by Crippen LogP contribution is 2.38. The number of aliphatic hydroxyl groups excluding tert-OH is 1. The molecule has 3 heteroatoms. The van der Waals surface area contributed by atoms with Crippen LogP contribution in [0, 0.1) is 11.3 Å². The van der Waals surface area contributed by atoms with Crippen LogP contribution >= 0.6 is 0 Å². The Kier molecular flexibility index (Phi) is 3.47. The summed E-state index contributed by atoms with van der Waals surface area (Å²) in [5, 5.41) is 18.6. The molecule has 0 unspecified atom stereocenters. The monoisotopic (exact) mass is 277 g/mol. The summed E-state index contributed by atoms with van der Waals surface area (Å²) in [6, 6.07) is 15.8. The molecule has 1 aliphatic rings. The van der Waals surface area contributed by atoms with E-state index < -0.39 is 0 Å². The van der Waals surface area contributed by atoms with Crippen LogP contribution in [-0.2, 0) is 13.2 Å². The molecule has 0 radical (unpaired) electrons. The van der Waals surface area contributed by atoms with Crippen LogP contribution in [0.25, 0.3) is 5.57 Å². The molecule has 1 aliphatic heterocycles. The van der Waals surface area contributed by atoms with Crippen molar-refractivity contribution < 1.29 is 9.84 Å². The van der Waals surface area contributed by atoms with Gasteiger partial charge in [-0.05, 0) is 35.7 Å². The van der Waals surface area contributed by atoms with Crippen LogP contribution in [0.5, 0.6) is 5.75 Å². The van der Waals surface area contributed by atoms with E-state index in [9.17, 15) is 10.4 Å². The van der Waals surface area contributed by atoms with E-state index in [1.807, 2.05) is 49.4 Å². The van der Waals surface area contributed by atoms with Crippen molar-refractivity contribution in [1.29, 1.82) is 5.26 Å². The van der Waals surface area contributed by atoms with E-state index in [0.29, 0.717) is 12.2 Å². The molecule has 3 nitrogen and oxygen atoms in total. The Labute approximate surface area is 123 Å². The molecule has 0 saturated carbocycles. The van der Waals surface area contributed by atoms with E-state index in [4.69, 9.17) is 4.74 Å². The Hall–Kier alpha value is -2.57. The van der Waals surface area contributed by atoms with Crippen molar-refractivity contribution in [3.63, 3.8) is 0 Å². The van der Waals surface area contributed by atoms with Gasteiger partial charge >= 0.3 is 0 Å². The summed E-state index contributed by atoms with van der Waals surface area (Å²) in [4.78, 5) is 0. The summed E-state index contributed by atoms with van der Waals surface area (Å²) in [7, 11) is 0. The molecule has 0 aliphatic carbocycles. The maximum Gasteiger partial charge on any atom is 0.127 e. The van der Waals surface area contributed by atoms with Crippen LogP contribution in [0.2, 0.25) is 0 Å². The van der Waals surface area contributed by atoms with Gasteiger partial charge in [0.25, 0.3) is 0 Å². The maximum atomic E-state index is 9.34. The first-order chi connectivity index (χ1) is 10.2. The first kappa shape index (κ1) is 13.4. The van der Waals surface area contributed by atoms with Gasteiger partial charge in [0.05, 0.1) is 12.7 Å². The van der Waals surface area contributed by atoms with Gasteiger partial charge in [-0.2, -0.15) is 5.26 Å². The first-order valence-corrected chi connectivity index (χ1v) is 6.81. The number of allylic oxidation sites excluding steroid dienone is 1. The van der Waals surface area contributed by atoms with Crippen LogP contribution in [-0.4, -0.2) is 5.11 Å². The Morgan fingerprint density at radius 2 is 2.05 bits per heavy atom. The first-order valence-electron chi connectivity index (χ1n) is 6.81. The normalized spacial score (nSPS) is 15.1. The summed E-state index contributed by atoms with van der Waals surface area (Å²) >= 11 is 0. The van der Waals surface area contributed by atoms with Gasteiger partial charge in [0.1, 0.15) is 12.4 Å². The van der Waals surface area contributed by atoms with Crippen LogP contribution in [0.3, 0.4) is 0 Å². The zero-order chi connectivity index (χ0) is 14.8. The molecule has 104 valence electrons. The standard InChI is InChI=1S/C18H15NO2/c1-12(9-19)18-15-7-6-13(10-20)8-14(15)11-21-17-5-3-2-4-16(17)18/h2-8,20H,10-11H2,1H3/b18-12-. The molecule has 1 N–H and O–H groups in total. The predicted molar refractivity (Wildman–Crippen MR) is 80.4 cm³/mol. The quantitative estimate of drug-likeness (QED) is 0.813. The van der Waals surface area contributed by atoms with Crippen LogP contribution in [0.1, 0.15) is 29.2 Å². The minimum absolute atomic E-state index is 0.00346.